The van der Waals surface area contributed by atoms with E-state index >= 15 is 0 Å². The summed E-state index contributed by atoms with van der Waals surface area (Å²) in [4.78, 5) is 0. The Morgan fingerprint density at radius 2 is 2.07 bits per heavy atom. The minimum Gasteiger partial charge on any atom is -0.384 e. The minimum absolute atomic E-state index is 0.500. The Hall–Kier alpha value is -0.340. The van der Waals surface area contributed by atoms with Crippen molar-refractivity contribution in [2.45, 2.75) is 46.6 Å². The normalized spacial score (nSPS) is 14.7. The second-order valence-corrected chi connectivity index (χ2v) is 4.60. The number of hydrogen-bond acceptors (Lipinski definition) is 2. The van der Waals surface area contributed by atoms with Crippen LogP contribution in [0.3, 0.4) is 0 Å². The zero-order valence-corrected chi connectivity index (χ0v) is 11.0. The van der Waals surface area contributed by atoms with E-state index < -0.39 is 0 Å². The largest absolute Gasteiger partial charge is 0.384 e. The van der Waals surface area contributed by atoms with Crippen molar-refractivity contribution >= 4 is 0 Å². The van der Waals surface area contributed by atoms with E-state index in [2.05, 4.69) is 39.1 Å². The number of ether oxygens (including phenoxy) is 1. The van der Waals surface area contributed by atoms with Crippen LogP contribution in [-0.2, 0) is 4.74 Å². The predicted molar refractivity (Wildman–Crippen MR) is 67.2 cm³/mol. The maximum atomic E-state index is 5.17. The molecule has 2 heteroatoms. The first-order chi connectivity index (χ1) is 7.10. The Bertz CT molecular complexity index is 173. The van der Waals surface area contributed by atoms with Crippen LogP contribution in [0, 0.1) is 5.92 Å². The third-order valence-electron chi connectivity index (χ3n) is 2.30. The molecule has 2 atom stereocenters. The summed E-state index contributed by atoms with van der Waals surface area (Å²) in [5.41, 5.74) is 1.38. The van der Waals surface area contributed by atoms with Crippen molar-refractivity contribution < 1.29 is 4.74 Å². The average molecular weight is 213 g/mol. The molecule has 0 heterocycles. The molecule has 0 bridgehead atoms. The van der Waals surface area contributed by atoms with Crippen LogP contribution in [0.2, 0.25) is 0 Å². The monoisotopic (exact) mass is 213 g/mol. The van der Waals surface area contributed by atoms with Crippen molar-refractivity contribution in [3.8, 4) is 0 Å². The molecule has 0 aromatic heterocycles. The van der Waals surface area contributed by atoms with Gasteiger partial charge in [-0.1, -0.05) is 25.5 Å². The zero-order chi connectivity index (χ0) is 11.7. The van der Waals surface area contributed by atoms with Gasteiger partial charge in [0.2, 0.25) is 0 Å². The van der Waals surface area contributed by atoms with Crippen LogP contribution in [0.25, 0.3) is 0 Å². The van der Waals surface area contributed by atoms with E-state index in [1.807, 2.05) is 0 Å². The molecule has 0 spiro atoms. The molecule has 0 aliphatic heterocycles. The molecule has 1 N–H and O–H groups in total. The number of allylic oxidation sites excluding steroid dienone is 1. The van der Waals surface area contributed by atoms with Crippen molar-refractivity contribution in [2.75, 3.05) is 20.3 Å². The van der Waals surface area contributed by atoms with E-state index in [1.165, 1.54) is 12.0 Å². The third-order valence-corrected chi connectivity index (χ3v) is 2.30. The summed E-state index contributed by atoms with van der Waals surface area (Å²) in [7, 11) is 1.77. The van der Waals surface area contributed by atoms with E-state index in [4.69, 9.17) is 4.74 Å². The Morgan fingerprint density at radius 3 is 2.53 bits per heavy atom. The lowest BCUT2D eigenvalue weighted by Gasteiger charge is -2.19. The highest BCUT2D eigenvalue weighted by molar-refractivity contribution is 5.01. The number of nitrogens with one attached hydrogen (secondary N) is 1. The Morgan fingerprint density at radius 1 is 1.40 bits per heavy atom. The van der Waals surface area contributed by atoms with Crippen LogP contribution in [0.15, 0.2) is 11.6 Å². The van der Waals surface area contributed by atoms with E-state index in [0.717, 1.165) is 19.6 Å². The van der Waals surface area contributed by atoms with Crippen LogP contribution in [0.5, 0.6) is 0 Å². The molecule has 2 unspecified atom stereocenters. The fourth-order valence-corrected chi connectivity index (χ4v) is 1.73. The zero-order valence-electron chi connectivity index (χ0n) is 11.0. The van der Waals surface area contributed by atoms with E-state index in [-0.39, 0.29) is 0 Å². The van der Waals surface area contributed by atoms with Crippen molar-refractivity contribution in [2.24, 2.45) is 5.92 Å². The van der Waals surface area contributed by atoms with E-state index in [9.17, 15) is 0 Å². The number of hydrogen-bond donors (Lipinski definition) is 1. The minimum atomic E-state index is 0.500. The summed E-state index contributed by atoms with van der Waals surface area (Å²) >= 11 is 0. The summed E-state index contributed by atoms with van der Waals surface area (Å²) in [6.45, 7) is 10.7. The molecule has 0 saturated carbocycles. The van der Waals surface area contributed by atoms with Gasteiger partial charge in [-0.05, 0) is 39.2 Å². The standard InChI is InChI=1S/C13H27NO/c1-6-7-14-13(8-11(2)3)9-12(4)10-15-5/h8,12-14H,6-7,9-10H2,1-5H3. The van der Waals surface area contributed by atoms with Gasteiger partial charge in [0.25, 0.3) is 0 Å². The lowest BCUT2D eigenvalue weighted by atomic mass is 10.0. The van der Waals surface area contributed by atoms with Crippen molar-refractivity contribution in [1.29, 1.82) is 0 Å². The molecule has 0 saturated heterocycles. The molecule has 0 aliphatic rings. The third kappa shape index (κ3) is 8.64. The van der Waals surface area contributed by atoms with Gasteiger partial charge in [0.05, 0.1) is 0 Å². The smallest absolute Gasteiger partial charge is 0.0488 e. The molecule has 15 heavy (non-hydrogen) atoms. The van der Waals surface area contributed by atoms with Crippen LogP contribution < -0.4 is 5.32 Å². The Balaban J connectivity index is 4.05. The lowest BCUT2D eigenvalue weighted by molar-refractivity contribution is 0.152. The molecule has 0 aromatic carbocycles. The van der Waals surface area contributed by atoms with Gasteiger partial charge < -0.3 is 10.1 Å². The number of methoxy groups -OCH3 is 1. The highest BCUT2D eigenvalue weighted by Crippen LogP contribution is 2.09. The van der Waals surface area contributed by atoms with E-state index in [0.29, 0.717) is 12.0 Å². The van der Waals surface area contributed by atoms with Gasteiger partial charge in [-0.3, -0.25) is 0 Å². The van der Waals surface area contributed by atoms with Crippen molar-refractivity contribution in [1.82, 2.24) is 5.32 Å². The van der Waals surface area contributed by atoms with Crippen LogP contribution >= 0.6 is 0 Å². The average Bonchev–Trinajstić information content (AvgIpc) is 2.13. The second kappa shape index (κ2) is 8.93. The predicted octanol–water partition coefficient (Wildman–Crippen LogP) is 2.99. The van der Waals surface area contributed by atoms with Crippen LogP contribution in [0.4, 0.5) is 0 Å². The first-order valence-electron chi connectivity index (χ1n) is 5.97. The summed E-state index contributed by atoms with van der Waals surface area (Å²) in [6.07, 6.45) is 4.66. The summed E-state index contributed by atoms with van der Waals surface area (Å²) in [5, 5.41) is 3.56. The summed E-state index contributed by atoms with van der Waals surface area (Å²) < 4.78 is 5.17. The molecule has 0 aromatic rings. The molecule has 0 amide bonds. The van der Waals surface area contributed by atoms with E-state index in [1.54, 1.807) is 7.11 Å². The maximum absolute atomic E-state index is 5.17. The maximum Gasteiger partial charge on any atom is 0.0488 e. The SMILES string of the molecule is CCCNC(C=C(C)C)CC(C)COC. The molecular formula is C13H27NO. The highest BCUT2D eigenvalue weighted by Gasteiger charge is 2.09. The second-order valence-electron chi connectivity index (χ2n) is 4.60. The lowest BCUT2D eigenvalue weighted by Crippen LogP contribution is -2.30. The fraction of sp³-hybridized carbons (Fsp3) is 0.846. The quantitative estimate of drug-likeness (QED) is 0.626. The van der Waals surface area contributed by atoms with Gasteiger partial charge in [0.15, 0.2) is 0 Å². The summed E-state index contributed by atoms with van der Waals surface area (Å²) in [5.74, 6) is 0.611. The van der Waals surface area contributed by atoms with Gasteiger partial charge in [0, 0.05) is 19.8 Å². The van der Waals surface area contributed by atoms with Gasteiger partial charge in [-0.2, -0.15) is 0 Å². The molecule has 0 aliphatic carbocycles. The molecular weight excluding hydrogens is 186 g/mol. The molecule has 2 nitrogen and oxygen atoms in total. The molecule has 0 radical (unpaired) electrons. The van der Waals surface area contributed by atoms with Gasteiger partial charge in [-0.15, -0.1) is 0 Å². The highest BCUT2D eigenvalue weighted by atomic mass is 16.5. The molecule has 90 valence electrons. The van der Waals surface area contributed by atoms with Gasteiger partial charge in [0.1, 0.15) is 0 Å². The first-order valence-corrected chi connectivity index (χ1v) is 5.97. The molecule has 0 rings (SSSR count). The van der Waals surface area contributed by atoms with Crippen LogP contribution in [-0.4, -0.2) is 26.3 Å². The van der Waals surface area contributed by atoms with Crippen molar-refractivity contribution in [3.63, 3.8) is 0 Å². The van der Waals surface area contributed by atoms with Gasteiger partial charge in [-0.25, -0.2) is 0 Å². The van der Waals surface area contributed by atoms with Crippen LogP contribution in [0.1, 0.15) is 40.5 Å². The van der Waals surface area contributed by atoms with Gasteiger partial charge >= 0.3 is 0 Å². The Labute approximate surface area is 95.1 Å². The summed E-state index contributed by atoms with van der Waals surface area (Å²) in [6, 6.07) is 0.500. The van der Waals surface area contributed by atoms with Crippen molar-refractivity contribution in [3.05, 3.63) is 11.6 Å². The fourth-order valence-electron chi connectivity index (χ4n) is 1.73. The Kier molecular flexibility index (Phi) is 8.73. The molecule has 0 fully saturated rings. The number of rotatable bonds is 8. The first kappa shape index (κ1) is 14.7. The topological polar surface area (TPSA) is 21.3 Å².